The van der Waals surface area contributed by atoms with Gasteiger partial charge in [-0.1, -0.05) is 50.2 Å². The summed E-state index contributed by atoms with van der Waals surface area (Å²) in [6.07, 6.45) is 0.673. The van der Waals surface area contributed by atoms with Crippen molar-refractivity contribution in [2.75, 3.05) is 19.6 Å². The van der Waals surface area contributed by atoms with Crippen LogP contribution >= 0.6 is 0 Å². The highest BCUT2D eigenvalue weighted by Gasteiger charge is 2.07. The third kappa shape index (κ3) is 6.48. The van der Waals surface area contributed by atoms with E-state index in [2.05, 4.69) is 41.5 Å². The minimum absolute atomic E-state index is 0.190. The third-order valence-electron chi connectivity index (χ3n) is 4.46. The normalized spacial score (nSPS) is 10.8. The Balaban J connectivity index is 1.79. The maximum absolute atomic E-state index is 12.9. The number of urea groups is 1. The van der Waals surface area contributed by atoms with E-state index in [1.807, 2.05) is 12.1 Å². The maximum atomic E-state index is 12.9. The first-order valence-electron chi connectivity index (χ1n) is 9.17. The van der Waals surface area contributed by atoms with E-state index in [1.54, 1.807) is 12.1 Å². The van der Waals surface area contributed by atoms with Crippen LogP contribution < -0.4 is 10.6 Å². The first-order valence-corrected chi connectivity index (χ1v) is 9.17. The fourth-order valence-corrected chi connectivity index (χ4v) is 2.78. The second-order valence-electron chi connectivity index (χ2n) is 6.22. The number of halogens is 1. The smallest absolute Gasteiger partial charge is 0.315 e. The van der Waals surface area contributed by atoms with Crippen molar-refractivity contribution in [1.82, 2.24) is 15.5 Å². The average molecular weight is 357 g/mol. The van der Waals surface area contributed by atoms with Crippen LogP contribution in [0, 0.1) is 5.82 Å². The van der Waals surface area contributed by atoms with Crippen molar-refractivity contribution in [1.29, 1.82) is 0 Å². The van der Waals surface area contributed by atoms with E-state index in [-0.39, 0.29) is 11.8 Å². The molecule has 2 rings (SSSR count). The molecule has 2 amide bonds. The number of nitrogens with zero attached hydrogens (tertiary/aromatic N) is 1. The number of rotatable bonds is 9. The van der Waals surface area contributed by atoms with E-state index < -0.39 is 0 Å². The Morgan fingerprint density at radius 1 is 0.962 bits per heavy atom. The van der Waals surface area contributed by atoms with E-state index in [0.29, 0.717) is 19.5 Å². The molecule has 0 heterocycles. The second-order valence-corrected chi connectivity index (χ2v) is 6.22. The molecule has 140 valence electrons. The van der Waals surface area contributed by atoms with Crippen LogP contribution in [0.1, 0.15) is 30.5 Å². The lowest BCUT2D eigenvalue weighted by atomic mass is 10.1. The van der Waals surface area contributed by atoms with Crippen LogP contribution in [0.25, 0.3) is 0 Å². The Morgan fingerprint density at radius 2 is 1.62 bits per heavy atom. The third-order valence-corrected chi connectivity index (χ3v) is 4.46. The molecule has 2 aromatic carbocycles. The molecule has 26 heavy (non-hydrogen) atoms. The fraction of sp³-hybridized carbons (Fsp3) is 0.381. The van der Waals surface area contributed by atoms with E-state index in [9.17, 15) is 9.18 Å². The highest BCUT2D eigenvalue weighted by Crippen LogP contribution is 2.11. The quantitative estimate of drug-likeness (QED) is 0.719. The number of carbonyl (C=O) groups excluding carboxylic acids is 1. The number of hydrogen-bond acceptors (Lipinski definition) is 2. The van der Waals surface area contributed by atoms with Gasteiger partial charge >= 0.3 is 6.03 Å². The Labute approximate surface area is 155 Å². The van der Waals surface area contributed by atoms with Crippen molar-refractivity contribution in [3.63, 3.8) is 0 Å². The molecule has 0 saturated heterocycles. The molecular formula is C21H28FN3O. The molecule has 0 atom stereocenters. The summed E-state index contributed by atoms with van der Waals surface area (Å²) in [4.78, 5) is 14.4. The zero-order chi connectivity index (χ0) is 18.8. The number of benzene rings is 2. The summed E-state index contributed by atoms with van der Waals surface area (Å²) in [6, 6.07) is 14.3. The van der Waals surface area contributed by atoms with Crippen LogP contribution in [0.4, 0.5) is 9.18 Å². The van der Waals surface area contributed by atoms with E-state index in [4.69, 9.17) is 0 Å². The highest BCUT2D eigenvalue weighted by atomic mass is 19.1. The van der Waals surface area contributed by atoms with Crippen LogP contribution in [0.2, 0.25) is 0 Å². The number of nitrogens with one attached hydrogen (secondary N) is 2. The molecule has 5 heteroatoms. The van der Waals surface area contributed by atoms with Gasteiger partial charge in [0.1, 0.15) is 5.82 Å². The topological polar surface area (TPSA) is 44.4 Å². The molecule has 0 aliphatic heterocycles. The zero-order valence-corrected chi connectivity index (χ0v) is 15.6. The Morgan fingerprint density at radius 3 is 2.27 bits per heavy atom. The lowest BCUT2D eigenvalue weighted by Gasteiger charge is -2.20. The standard InChI is InChI=1S/C21H28FN3O/c1-3-25(4-2)16-19-8-6-5-7-18(19)15-24-21(26)23-14-13-17-9-11-20(22)12-10-17/h5-12H,3-4,13-16H2,1-2H3,(H2,23,24,26). The van der Waals surface area contributed by atoms with Gasteiger partial charge in [0, 0.05) is 19.6 Å². The van der Waals surface area contributed by atoms with Gasteiger partial charge in [0.2, 0.25) is 0 Å². The maximum Gasteiger partial charge on any atom is 0.315 e. The molecule has 0 saturated carbocycles. The molecule has 0 aromatic heterocycles. The minimum atomic E-state index is -0.247. The van der Waals surface area contributed by atoms with Crippen molar-refractivity contribution in [2.24, 2.45) is 0 Å². The van der Waals surface area contributed by atoms with Crippen molar-refractivity contribution < 1.29 is 9.18 Å². The highest BCUT2D eigenvalue weighted by molar-refractivity contribution is 5.73. The Bertz CT molecular complexity index is 684. The van der Waals surface area contributed by atoms with E-state index in [0.717, 1.165) is 30.8 Å². The summed E-state index contributed by atoms with van der Waals surface area (Å²) >= 11 is 0. The van der Waals surface area contributed by atoms with Crippen LogP contribution in [0.5, 0.6) is 0 Å². The second kappa shape index (κ2) is 10.6. The van der Waals surface area contributed by atoms with Gasteiger partial charge < -0.3 is 10.6 Å². The number of hydrogen-bond donors (Lipinski definition) is 2. The zero-order valence-electron chi connectivity index (χ0n) is 15.6. The van der Waals surface area contributed by atoms with Gasteiger partial charge in [0.05, 0.1) is 0 Å². The van der Waals surface area contributed by atoms with E-state index in [1.165, 1.54) is 17.7 Å². The van der Waals surface area contributed by atoms with Gasteiger partial charge in [-0.15, -0.1) is 0 Å². The monoisotopic (exact) mass is 357 g/mol. The molecule has 0 fully saturated rings. The Kier molecular flexibility index (Phi) is 8.09. The molecule has 0 radical (unpaired) electrons. The van der Waals surface area contributed by atoms with Gasteiger partial charge in [-0.3, -0.25) is 4.90 Å². The van der Waals surface area contributed by atoms with Gasteiger partial charge in [-0.25, -0.2) is 9.18 Å². The largest absolute Gasteiger partial charge is 0.338 e. The van der Waals surface area contributed by atoms with Crippen molar-refractivity contribution >= 4 is 6.03 Å². The molecule has 0 aliphatic rings. The van der Waals surface area contributed by atoms with Crippen LogP contribution in [-0.2, 0) is 19.5 Å². The summed E-state index contributed by atoms with van der Waals surface area (Å²) in [7, 11) is 0. The van der Waals surface area contributed by atoms with Gasteiger partial charge in [0.25, 0.3) is 0 Å². The summed E-state index contributed by atoms with van der Waals surface area (Å²) in [5.74, 6) is -0.247. The lowest BCUT2D eigenvalue weighted by Crippen LogP contribution is -2.36. The molecule has 0 spiro atoms. The summed E-state index contributed by atoms with van der Waals surface area (Å²) in [5.41, 5.74) is 3.37. The molecule has 0 bridgehead atoms. The summed E-state index contributed by atoms with van der Waals surface area (Å²) < 4.78 is 12.9. The predicted octanol–water partition coefficient (Wildman–Crippen LogP) is 3.71. The molecule has 2 aromatic rings. The van der Waals surface area contributed by atoms with Crippen LogP contribution in [0.3, 0.4) is 0 Å². The SMILES string of the molecule is CCN(CC)Cc1ccccc1CNC(=O)NCCc1ccc(F)cc1. The Hall–Kier alpha value is -2.40. The first kappa shape index (κ1) is 19.9. The molecular weight excluding hydrogens is 329 g/mol. The summed E-state index contributed by atoms with van der Waals surface area (Å²) in [5, 5.41) is 5.76. The van der Waals surface area contributed by atoms with Crippen LogP contribution in [0.15, 0.2) is 48.5 Å². The number of amides is 2. The molecule has 0 unspecified atom stereocenters. The van der Waals surface area contributed by atoms with Crippen molar-refractivity contribution in [2.45, 2.75) is 33.4 Å². The lowest BCUT2D eigenvalue weighted by molar-refractivity contribution is 0.240. The van der Waals surface area contributed by atoms with Gasteiger partial charge in [-0.05, 0) is 48.3 Å². The fourth-order valence-electron chi connectivity index (χ4n) is 2.78. The predicted molar refractivity (Wildman–Crippen MR) is 103 cm³/mol. The van der Waals surface area contributed by atoms with Crippen LogP contribution in [-0.4, -0.2) is 30.6 Å². The minimum Gasteiger partial charge on any atom is -0.338 e. The first-order chi connectivity index (χ1) is 12.6. The molecule has 2 N–H and O–H groups in total. The number of carbonyl (C=O) groups is 1. The summed E-state index contributed by atoms with van der Waals surface area (Å²) in [6.45, 7) is 8.21. The average Bonchev–Trinajstić information content (AvgIpc) is 2.66. The van der Waals surface area contributed by atoms with E-state index >= 15 is 0 Å². The molecule has 4 nitrogen and oxygen atoms in total. The molecule has 0 aliphatic carbocycles. The van der Waals surface area contributed by atoms with Crippen molar-refractivity contribution in [3.8, 4) is 0 Å². The van der Waals surface area contributed by atoms with Gasteiger partial charge in [-0.2, -0.15) is 0 Å². The van der Waals surface area contributed by atoms with Gasteiger partial charge in [0.15, 0.2) is 0 Å². The van der Waals surface area contributed by atoms with Crippen molar-refractivity contribution in [3.05, 3.63) is 71.0 Å².